The van der Waals surface area contributed by atoms with Gasteiger partial charge < -0.3 is 15.0 Å². The summed E-state index contributed by atoms with van der Waals surface area (Å²) in [6.07, 6.45) is 0.730. The van der Waals surface area contributed by atoms with Gasteiger partial charge in [0, 0.05) is 37.0 Å². The molecule has 23 heavy (non-hydrogen) atoms. The summed E-state index contributed by atoms with van der Waals surface area (Å²) in [6, 6.07) is 7.86. The first kappa shape index (κ1) is 17.3. The molecule has 0 fully saturated rings. The molecule has 6 heteroatoms. The summed E-state index contributed by atoms with van der Waals surface area (Å²) >= 11 is 1.61. The van der Waals surface area contributed by atoms with Crippen LogP contribution in [0.3, 0.4) is 0 Å². The third kappa shape index (κ3) is 4.69. The van der Waals surface area contributed by atoms with E-state index in [9.17, 15) is 4.79 Å². The third-order valence-electron chi connectivity index (χ3n) is 3.58. The largest absolute Gasteiger partial charge is 0.497 e. The Morgan fingerprint density at radius 3 is 2.83 bits per heavy atom. The van der Waals surface area contributed by atoms with Crippen molar-refractivity contribution >= 4 is 17.4 Å². The summed E-state index contributed by atoms with van der Waals surface area (Å²) in [4.78, 5) is 18.3. The van der Waals surface area contributed by atoms with Crippen molar-refractivity contribution in [1.29, 1.82) is 0 Å². The van der Waals surface area contributed by atoms with Crippen LogP contribution >= 0.6 is 11.3 Å². The number of carbonyl (C=O) groups is 1. The highest BCUT2D eigenvalue weighted by molar-refractivity contribution is 7.13. The second-order valence-corrected chi connectivity index (χ2v) is 5.89. The zero-order chi connectivity index (χ0) is 16.7. The summed E-state index contributed by atoms with van der Waals surface area (Å²) in [6.45, 7) is 5.99. The van der Waals surface area contributed by atoms with E-state index in [0.717, 1.165) is 41.5 Å². The fourth-order valence-electron chi connectivity index (χ4n) is 2.23. The molecule has 0 unspecified atom stereocenters. The topological polar surface area (TPSA) is 54.5 Å². The van der Waals surface area contributed by atoms with Crippen LogP contribution in [0.25, 0.3) is 10.6 Å². The summed E-state index contributed by atoms with van der Waals surface area (Å²) in [5, 5.41) is 5.94. The van der Waals surface area contributed by atoms with Gasteiger partial charge in [0.15, 0.2) is 0 Å². The molecule has 1 heterocycles. The van der Waals surface area contributed by atoms with Gasteiger partial charge in [-0.2, -0.15) is 0 Å². The van der Waals surface area contributed by atoms with Crippen molar-refractivity contribution in [1.82, 2.24) is 15.2 Å². The van der Waals surface area contributed by atoms with Crippen molar-refractivity contribution < 1.29 is 9.53 Å². The maximum absolute atomic E-state index is 11.9. The van der Waals surface area contributed by atoms with E-state index in [-0.39, 0.29) is 6.03 Å². The van der Waals surface area contributed by atoms with Crippen LogP contribution in [0.2, 0.25) is 0 Å². The molecule has 0 saturated carbocycles. The van der Waals surface area contributed by atoms with E-state index in [1.165, 1.54) is 0 Å². The van der Waals surface area contributed by atoms with Gasteiger partial charge in [0.1, 0.15) is 10.8 Å². The number of benzene rings is 1. The number of nitrogens with zero attached hydrogens (tertiary/aromatic N) is 2. The normalized spacial score (nSPS) is 10.4. The van der Waals surface area contributed by atoms with Gasteiger partial charge in [-0.25, -0.2) is 9.78 Å². The maximum atomic E-state index is 11.9. The Balaban J connectivity index is 1.91. The molecule has 0 atom stereocenters. The van der Waals surface area contributed by atoms with E-state index < -0.39 is 0 Å². The maximum Gasteiger partial charge on any atom is 0.317 e. The quantitative estimate of drug-likeness (QED) is 0.845. The van der Waals surface area contributed by atoms with Gasteiger partial charge in [-0.15, -0.1) is 11.3 Å². The summed E-state index contributed by atoms with van der Waals surface area (Å²) in [5.74, 6) is 0.825. The molecule has 124 valence electrons. The minimum absolute atomic E-state index is 0.0155. The Hall–Kier alpha value is -2.08. The molecule has 2 rings (SSSR count). The monoisotopic (exact) mass is 333 g/mol. The summed E-state index contributed by atoms with van der Waals surface area (Å²) < 4.78 is 5.24. The van der Waals surface area contributed by atoms with Crippen LogP contribution in [0, 0.1) is 0 Å². The molecule has 0 aliphatic heterocycles. The summed E-state index contributed by atoms with van der Waals surface area (Å²) in [7, 11) is 1.66. The van der Waals surface area contributed by atoms with Crippen molar-refractivity contribution in [2.75, 3.05) is 26.7 Å². The van der Waals surface area contributed by atoms with Gasteiger partial charge in [0.2, 0.25) is 0 Å². The van der Waals surface area contributed by atoms with Crippen molar-refractivity contribution in [3.8, 4) is 16.3 Å². The first-order chi connectivity index (χ1) is 11.2. The first-order valence-electron chi connectivity index (χ1n) is 7.79. The molecule has 2 aromatic rings. The van der Waals surface area contributed by atoms with E-state index in [0.29, 0.717) is 6.54 Å². The molecular formula is C17H23N3O2S. The van der Waals surface area contributed by atoms with E-state index in [1.54, 1.807) is 23.3 Å². The number of hydrogen-bond donors (Lipinski definition) is 1. The number of rotatable bonds is 7. The zero-order valence-electron chi connectivity index (χ0n) is 13.8. The van der Waals surface area contributed by atoms with Gasteiger partial charge >= 0.3 is 6.03 Å². The first-order valence-corrected chi connectivity index (χ1v) is 8.67. The van der Waals surface area contributed by atoms with E-state index in [4.69, 9.17) is 4.74 Å². The average molecular weight is 333 g/mol. The van der Waals surface area contributed by atoms with Crippen molar-refractivity contribution in [2.45, 2.75) is 20.3 Å². The molecule has 1 aromatic heterocycles. The second kappa shape index (κ2) is 8.53. The number of aromatic nitrogens is 1. The standard InChI is InChI=1S/C17H23N3O2S/c1-4-20(5-2)17(21)18-10-9-14-12-23-16(19-14)13-7-6-8-15(11-13)22-3/h6-8,11-12H,4-5,9-10H2,1-3H3,(H,18,21). The highest BCUT2D eigenvalue weighted by atomic mass is 32.1. The predicted octanol–water partition coefficient (Wildman–Crippen LogP) is 3.41. The number of ether oxygens (including phenoxy) is 1. The lowest BCUT2D eigenvalue weighted by Gasteiger charge is -2.18. The minimum Gasteiger partial charge on any atom is -0.497 e. The number of thiazole rings is 1. The molecule has 0 bridgehead atoms. The lowest BCUT2D eigenvalue weighted by molar-refractivity contribution is 0.203. The highest BCUT2D eigenvalue weighted by Gasteiger charge is 2.09. The molecular weight excluding hydrogens is 310 g/mol. The Morgan fingerprint density at radius 2 is 2.13 bits per heavy atom. The van der Waals surface area contributed by atoms with Crippen molar-refractivity contribution in [2.24, 2.45) is 0 Å². The van der Waals surface area contributed by atoms with Crippen LogP contribution in [0.1, 0.15) is 19.5 Å². The number of amides is 2. The number of carbonyl (C=O) groups excluding carboxylic acids is 1. The summed E-state index contributed by atoms with van der Waals surface area (Å²) in [5.41, 5.74) is 2.04. The number of nitrogens with one attached hydrogen (secondary N) is 1. The number of methoxy groups -OCH3 is 1. The Labute approximate surface area is 141 Å². The molecule has 2 amide bonds. The molecule has 1 aromatic carbocycles. The molecule has 0 saturated heterocycles. The van der Waals surface area contributed by atoms with Crippen LogP contribution < -0.4 is 10.1 Å². The van der Waals surface area contributed by atoms with Crippen LogP contribution in [0.4, 0.5) is 4.79 Å². The van der Waals surface area contributed by atoms with Gasteiger partial charge in [-0.05, 0) is 26.0 Å². The third-order valence-corrected chi connectivity index (χ3v) is 4.52. The van der Waals surface area contributed by atoms with Crippen LogP contribution in [0.5, 0.6) is 5.75 Å². The van der Waals surface area contributed by atoms with Gasteiger partial charge in [0.05, 0.1) is 12.8 Å². The van der Waals surface area contributed by atoms with Crippen molar-refractivity contribution in [3.05, 3.63) is 35.3 Å². The minimum atomic E-state index is -0.0155. The SMILES string of the molecule is CCN(CC)C(=O)NCCc1csc(-c2cccc(OC)c2)n1. The van der Waals surface area contributed by atoms with Crippen LogP contribution in [0.15, 0.2) is 29.6 Å². The highest BCUT2D eigenvalue weighted by Crippen LogP contribution is 2.26. The van der Waals surface area contributed by atoms with E-state index in [2.05, 4.69) is 10.3 Å². The van der Waals surface area contributed by atoms with Gasteiger partial charge in [-0.1, -0.05) is 12.1 Å². The van der Waals surface area contributed by atoms with Crippen molar-refractivity contribution in [3.63, 3.8) is 0 Å². The molecule has 0 radical (unpaired) electrons. The van der Waals surface area contributed by atoms with Gasteiger partial charge in [-0.3, -0.25) is 0 Å². The fourth-order valence-corrected chi connectivity index (χ4v) is 3.08. The Kier molecular flexibility index (Phi) is 6.40. The van der Waals surface area contributed by atoms with E-state index >= 15 is 0 Å². The second-order valence-electron chi connectivity index (χ2n) is 5.03. The average Bonchev–Trinajstić information content (AvgIpc) is 3.05. The molecule has 0 aliphatic rings. The van der Waals surface area contributed by atoms with Crippen LogP contribution in [-0.4, -0.2) is 42.7 Å². The number of urea groups is 1. The van der Waals surface area contributed by atoms with Crippen LogP contribution in [-0.2, 0) is 6.42 Å². The lowest BCUT2D eigenvalue weighted by atomic mass is 10.2. The zero-order valence-corrected chi connectivity index (χ0v) is 14.7. The smallest absolute Gasteiger partial charge is 0.317 e. The molecule has 0 spiro atoms. The predicted molar refractivity (Wildman–Crippen MR) is 94.1 cm³/mol. The Bertz CT molecular complexity index is 638. The van der Waals surface area contributed by atoms with E-state index in [1.807, 2.05) is 43.5 Å². The molecule has 0 aliphatic carbocycles. The lowest BCUT2D eigenvalue weighted by Crippen LogP contribution is -2.40. The molecule has 5 nitrogen and oxygen atoms in total. The van der Waals surface area contributed by atoms with Gasteiger partial charge in [0.25, 0.3) is 0 Å². The number of hydrogen-bond acceptors (Lipinski definition) is 4. The Morgan fingerprint density at radius 1 is 1.35 bits per heavy atom. The fraction of sp³-hybridized carbons (Fsp3) is 0.412. The molecule has 1 N–H and O–H groups in total.